The Morgan fingerprint density at radius 1 is 1.00 bits per heavy atom. The van der Waals surface area contributed by atoms with E-state index in [0.29, 0.717) is 22.4 Å². The highest BCUT2D eigenvalue weighted by molar-refractivity contribution is 8.00. The van der Waals surface area contributed by atoms with E-state index in [0.717, 1.165) is 5.56 Å². The third kappa shape index (κ3) is 4.68. The van der Waals surface area contributed by atoms with Gasteiger partial charge in [-0.2, -0.15) is 0 Å². The van der Waals surface area contributed by atoms with Crippen LogP contribution in [0, 0.1) is 5.82 Å². The Morgan fingerprint density at radius 3 is 2.42 bits per heavy atom. The zero-order valence-electron chi connectivity index (χ0n) is 17.4. The highest BCUT2D eigenvalue weighted by Gasteiger charge is 2.38. The van der Waals surface area contributed by atoms with Crippen LogP contribution in [0.25, 0.3) is 0 Å². The normalized spacial score (nSPS) is 17.0. The van der Waals surface area contributed by atoms with Crippen molar-refractivity contribution < 1.29 is 13.9 Å². The number of carbonyl (C=O) groups is 1. The van der Waals surface area contributed by atoms with Crippen LogP contribution in [0.1, 0.15) is 17.4 Å². The van der Waals surface area contributed by atoms with Gasteiger partial charge in [-0.3, -0.25) is 4.79 Å². The van der Waals surface area contributed by atoms with E-state index in [1.807, 2.05) is 60.7 Å². The molecular weight excluding hydrogens is 441 g/mol. The molecule has 0 saturated carbocycles. The molecule has 0 fully saturated rings. The first kappa shape index (κ1) is 21.0. The van der Waals surface area contributed by atoms with Crippen molar-refractivity contribution in [2.45, 2.75) is 23.1 Å². The highest BCUT2D eigenvalue weighted by Crippen LogP contribution is 2.37. The molecule has 33 heavy (non-hydrogen) atoms. The summed E-state index contributed by atoms with van der Waals surface area (Å²) in [5, 5.41) is 11.4. The number of anilines is 1. The minimum absolute atomic E-state index is 0.190. The van der Waals surface area contributed by atoms with Gasteiger partial charge in [0.25, 0.3) is 0 Å². The molecule has 0 unspecified atom stereocenters. The molecule has 9 heteroatoms. The molecule has 1 aromatic heterocycles. The molecule has 166 valence electrons. The monoisotopic (exact) mass is 461 g/mol. The van der Waals surface area contributed by atoms with E-state index in [9.17, 15) is 9.18 Å². The van der Waals surface area contributed by atoms with E-state index in [1.54, 1.807) is 16.8 Å². The van der Waals surface area contributed by atoms with Crippen molar-refractivity contribution in [2.24, 2.45) is 0 Å². The van der Waals surface area contributed by atoms with Gasteiger partial charge in [0.15, 0.2) is 5.82 Å². The molecule has 2 atom stereocenters. The van der Waals surface area contributed by atoms with Gasteiger partial charge in [-0.15, -0.1) is 10.2 Å². The topological polar surface area (TPSA) is 81.1 Å². The lowest BCUT2D eigenvalue weighted by molar-refractivity contribution is -0.116. The number of halogens is 1. The Kier molecular flexibility index (Phi) is 5.95. The number of thioether (sulfide) groups is 1. The van der Waals surface area contributed by atoms with E-state index in [4.69, 9.17) is 4.74 Å². The molecule has 1 aliphatic rings. The molecule has 4 aromatic rings. The molecule has 1 aliphatic heterocycles. The third-order valence-electron chi connectivity index (χ3n) is 5.14. The molecule has 0 spiro atoms. The van der Waals surface area contributed by atoms with Gasteiger partial charge in [0.1, 0.15) is 23.4 Å². The van der Waals surface area contributed by atoms with E-state index >= 15 is 0 Å². The number of hydrogen-bond acceptors (Lipinski definition) is 6. The van der Waals surface area contributed by atoms with Gasteiger partial charge in [0.05, 0.1) is 6.04 Å². The quantitative estimate of drug-likeness (QED) is 0.443. The smallest absolute Gasteiger partial charge is 0.240 e. The van der Waals surface area contributed by atoms with Crippen molar-refractivity contribution in [3.05, 3.63) is 102 Å². The molecule has 3 aromatic carbocycles. The van der Waals surface area contributed by atoms with Crippen LogP contribution in [-0.2, 0) is 11.4 Å². The number of nitrogens with zero attached hydrogens (tertiary/aromatic N) is 3. The first-order valence-electron chi connectivity index (χ1n) is 10.3. The summed E-state index contributed by atoms with van der Waals surface area (Å²) in [4.78, 5) is 13.2. The van der Waals surface area contributed by atoms with E-state index in [-0.39, 0.29) is 18.3 Å². The van der Waals surface area contributed by atoms with Crippen molar-refractivity contribution in [1.82, 2.24) is 14.9 Å². The maximum Gasteiger partial charge on any atom is 0.240 e. The minimum Gasteiger partial charge on any atom is -0.486 e. The second-order valence-electron chi connectivity index (χ2n) is 7.39. The van der Waals surface area contributed by atoms with E-state index in [2.05, 4.69) is 20.9 Å². The number of para-hydroxylation sites is 2. The summed E-state index contributed by atoms with van der Waals surface area (Å²) in [6, 6.07) is 24.3. The van der Waals surface area contributed by atoms with Crippen LogP contribution in [-0.4, -0.2) is 26.0 Å². The summed E-state index contributed by atoms with van der Waals surface area (Å²) in [7, 11) is 0. The fourth-order valence-electron chi connectivity index (χ4n) is 3.51. The number of ether oxygens (including phenoxy) is 1. The van der Waals surface area contributed by atoms with Crippen molar-refractivity contribution in [3.8, 4) is 5.75 Å². The summed E-state index contributed by atoms with van der Waals surface area (Å²) in [6.45, 7) is 0.196. The zero-order valence-corrected chi connectivity index (χ0v) is 18.2. The van der Waals surface area contributed by atoms with Crippen LogP contribution < -0.4 is 15.5 Å². The first-order chi connectivity index (χ1) is 16.2. The summed E-state index contributed by atoms with van der Waals surface area (Å²) in [6.07, 6.45) is 0. The van der Waals surface area contributed by atoms with Crippen molar-refractivity contribution in [3.63, 3.8) is 0 Å². The van der Waals surface area contributed by atoms with Crippen molar-refractivity contribution >= 4 is 23.4 Å². The molecular formula is C24H20FN5O2S. The first-order valence-corrected chi connectivity index (χ1v) is 11.2. The lowest BCUT2D eigenvalue weighted by atomic mass is 10.0. The maximum absolute atomic E-state index is 13.6. The average molecular weight is 462 g/mol. The average Bonchev–Trinajstić information content (AvgIpc) is 3.25. The van der Waals surface area contributed by atoms with Crippen LogP contribution in [0.3, 0.4) is 0 Å². The summed E-state index contributed by atoms with van der Waals surface area (Å²) in [5.41, 5.74) is 4.81. The molecule has 2 heterocycles. The predicted molar refractivity (Wildman–Crippen MR) is 124 cm³/mol. The highest BCUT2D eigenvalue weighted by atomic mass is 32.2. The van der Waals surface area contributed by atoms with Crippen LogP contribution >= 0.6 is 11.8 Å². The van der Waals surface area contributed by atoms with E-state index in [1.165, 1.54) is 23.9 Å². The SMILES string of the molecule is O=C(Nc1ccccc1)[C@H]1Sc2nnc(COc3ccccc3)n2N[C@@H]1c1ccc(F)cc1. The Bertz CT molecular complexity index is 1230. The lowest BCUT2D eigenvalue weighted by Gasteiger charge is -2.33. The van der Waals surface area contributed by atoms with Crippen LogP contribution in [0.5, 0.6) is 5.75 Å². The second kappa shape index (κ2) is 9.33. The van der Waals surface area contributed by atoms with Gasteiger partial charge in [0, 0.05) is 5.69 Å². The molecule has 0 bridgehead atoms. The fraction of sp³-hybridized carbons (Fsp3) is 0.125. The number of carbonyl (C=O) groups excluding carboxylic acids is 1. The minimum atomic E-state index is -0.560. The fourth-order valence-corrected chi connectivity index (χ4v) is 4.61. The molecule has 5 rings (SSSR count). The largest absolute Gasteiger partial charge is 0.486 e. The van der Waals surface area contributed by atoms with Gasteiger partial charge in [-0.25, -0.2) is 9.07 Å². The number of amides is 1. The lowest BCUT2D eigenvalue weighted by Crippen LogP contribution is -2.41. The summed E-state index contributed by atoms with van der Waals surface area (Å²) < 4.78 is 21.1. The Morgan fingerprint density at radius 2 is 1.70 bits per heavy atom. The number of fused-ring (bicyclic) bond motifs is 1. The standard InChI is InChI=1S/C24H20FN5O2S/c25-17-13-11-16(12-14-17)21-22(23(31)26-18-7-3-1-4-8-18)33-24-28-27-20(30(24)29-21)15-32-19-9-5-2-6-10-19/h1-14,21-22,29H,15H2,(H,26,31)/t21-,22+/m1/s1. The number of nitrogens with one attached hydrogen (secondary N) is 2. The van der Waals surface area contributed by atoms with Crippen LogP contribution in [0.15, 0.2) is 90.1 Å². The van der Waals surface area contributed by atoms with E-state index < -0.39 is 11.3 Å². The van der Waals surface area contributed by atoms with Gasteiger partial charge in [-0.1, -0.05) is 60.3 Å². The van der Waals surface area contributed by atoms with Crippen LogP contribution in [0.4, 0.5) is 10.1 Å². The number of hydrogen-bond donors (Lipinski definition) is 2. The van der Waals surface area contributed by atoms with Gasteiger partial charge >= 0.3 is 0 Å². The Hall–Kier alpha value is -3.85. The third-order valence-corrected chi connectivity index (χ3v) is 6.36. The number of benzene rings is 3. The molecule has 0 radical (unpaired) electrons. The molecule has 7 nitrogen and oxygen atoms in total. The Balaban J connectivity index is 1.42. The molecule has 0 aliphatic carbocycles. The maximum atomic E-state index is 13.6. The summed E-state index contributed by atoms with van der Waals surface area (Å²) >= 11 is 1.30. The molecule has 2 N–H and O–H groups in total. The Labute approximate surface area is 194 Å². The predicted octanol–water partition coefficient (Wildman–Crippen LogP) is 4.39. The van der Waals surface area contributed by atoms with Gasteiger partial charge in [-0.05, 0) is 42.0 Å². The molecule has 0 saturated heterocycles. The summed E-state index contributed by atoms with van der Waals surface area (Å²) in [5.74, 6) is 0.752. The van der Waals surface area contributed by atoms with Gasteiger partial charge in [0.2, 0.25) is 11.1 Å². The second-order valence-corrected chi connectivity index (χ2v) is 8.50. The number of rotatable bonds is 6. The molecule has 1 amide bonds. The number of aromatic nitrogens is 3. The van der Waals surface area contributed by atoms with Crippen LogP contribution in [0.2, 0.25) is 0 Å². The van der Waals surface area contributed by atoms with Crippen molar-refractivity contribution in [2.75, 3.05) is 10.7 Å². The van der Waals surface area contributed by atoms with Gasteiger partial charge < -0.3 is 15.5 Å². The zero-order chi connectivity index (χ0) is 22.6. The van der Waals surface area contributed by atoms with Crippen molar-refractivity contribution in [1.29, 1.82) is 0 Å².